The number of hydrogen-bond donors (Lipinski definition) is 3. The van der Waals surface area contributed by atoms with E-state index in [0.29, 0.717) is 23.8 Å². The summed E-state index contributed by atoms with van der Waals surface area (Å²) in [5.41, 5.74) is 1.61. The molecule has 0 bridgehead atoms. The van der Waals surface area contributed by atoms with Crippen LogP contribution in [0, 0.1) is 5.41 Å². The van der Waals surface area contributed by atoms with Gasteiger partial charge in [0.15, 0.2) is 0 Å². The minimum atomic E-state index is 0.300. The van der Waals surface area contributed by atoms with E-state index in [0.717, 1.165) is 19.4 Å². The van der Waals surface area contributed by atoms with E-state index in [9.17, 15) is 5.11 Å². The summed E-state index contributed by atoms with van der Waals surface area (Å²) in [5, 5.41) is 21.8. The summed E-state index contributed by atoms with van der Waals surface area (Å²) in [6, 6.07) is 7.82. The third kappa shape index (κ3) is 3.72. The van der Waals surface area contributed by atoms with Gasteiger partial charge in [0.1, 0.15) is 5.75 Å². The molecule has 1 aliphatic carbocycles. The van der Waals surface area contributed by atoms with Crippen LogP contribution >= 0.6 is 0 Å². The Labute approximate surface area is 109 Å². The molecule has 1 atom stereocenters. The molecule has 0 aromatic heterocycles. The van der Waals surface area contributed by atoms with Crippen LogP contribution in [0.3, 0.4) is 0 Å². The van der Waals surface area contributed by atoms with E-state index in [4.69, 9.17) is 5.11 Å². The number of phenols is 1. The smallest absolute Gasteiger partial charge is 0.115 e. The molecule has 3 N–H and O–H groups in total. The molecule has 0 aliphatic heterocycles. The van der Waals surface area contributed by atoms with Crippen molar-refractivity contribution in [3.05, 3.63) is 29.8 Å². The summed E-state index contributed by atoms with van der Waals surface area (Å²) in [6.45, 7) is 3.49. The predicted octanol–water partition coefficient (Wildman–Crippen LogP) is 2.08. The molecule has 1 aromatic carbocycles. The van der Waals surface area contributed by atoms with Crippen molar-refractivity contribution in [1.82, 2.24) is 5.32 Å². The van der Waals surface area contributed by atoms with Crippen molar-refractivity contribution < 1.29 is 10.2 Å². The number of benzene rings is 1. The van der Waals surface area contributed by atoms with E-state index >= 15 is 0 Å². The van der Waals surface area contributed by atoms with Crippen molar-refractivity contribution in [2.24, 2.45) is 5.41 Å². The average Bonchev–Trinajstić information content (AvgIpc) is 3.11. The average molecular weight is 249 g/mol. The largest absolute Gasteiger partial charge is 0.508 e. The highest BCUT2D eigenvalue weighted by molar-refractivity contribution is 5.26. The van der Waals surface area contributed by atoms with Crippen LogP contribution in [0.4, 0.5) is 0 Å². The van der Waals surface area contributed by atoms with Crippen molar-refractivity contribution in [2.75, 3.05) is 13.2 Å². The molecule has 1 aliphatic rings. The summed E-state index contributed by atoms with van der Waals surface area (Å²) >= 11 is 0. The van der Waals surface area contributed by atoms with Gasteiger partial charge < -0.3 is 15.5 Å². The van der Waals surface area contributed by atoms with Gasteiger partial charge >= 0.3 is 0 Å². The molecule has 3 heteroatoms. The van der Waals surface area contributed by atoms with Gasteiger partial charge in [-0.05, 0) is 55.7 Å². The molecule has 18 heavy (non-hydrogen) atoms. The Morgan fingerprint density at radius 2 is 1.94 bits per heavy atom. The number of rotatable bonds is 7. The zero-order valence-electron chi connectivity index (χ0n) is 11.0. The van der Waals surface area contributed by atoms with E-state index in [-0.39, 0.29) is 0 Å². The van der Waals surface area contributed by atoms with E-state index in [1.54, 1.807) is 12.1 Å². The van der Waals surface area contributed by atoms with Gasteiger partial charge in [-0.15, -0.1) is 0 Å². The number of aliphatic hydroxyl groups is 1. The molecule has 0 amide bonds. The topological polar surface area (TPSA) is 52.5 Å². The Hall–Kier alpha value is -1.06. The van der Waals surface area contributed by atoms with Crippen LogP contribution in [0.25, 0.3) is 0 Å². The van der Waals surface area contributed by atoms with Gasteiger partial charge in [-0.3, -0.25) is 0 Å². The Kier molecular flexibility index (Phi) is 4.25. The van der Waals surface area contributed by atoms with Crippen molar-refractivity contribution in [3.8, 4) is 5.75 Å². The van der Waals surface area contributed by atoms with Crippen LogP contribution in [0.2, 0.25) is 0 Å². The highest BCUT2D eigenvalue weighted by Crippen LogP contribution is 2.47. The molecular formula is C15H23NO2. The molecule has 0 spiro atoms. The maximum Gasteiger partial charge on any atom is 0.115 e. The molecule has 1 unspecified atom stereocenters. The second kappa shape index (κ2) is 5.72. The number of aromatic hydroxyl groups is 1. The molecule has 1 aromatic rings. The van der Waals surface area contributed by atoms with E-state index in [1.807, 2.05) is 12.1 Å². The van der Waals surface area contributed by atoms with Gasteiger partial charge in [0.2, 0.25) is 0 Å². The van der Waals surface area contributed by atoms with Crippen LogP contribution in [0.15, 0.2) is 24.3 Å². The minimum Gasteiger partial charge on any atom is -0.508 e. The molecule has 0 radical (unpaired) electrons. The van der Waals surface area contributed by atoms with Crippen LogP contribution in [0.5, 0.6) is 5.75 Å². The van der Waals surface area contributed by atoms with E-state index in [1.165, 1.54) is 18.4 Å². The fourth-order valence-corrected chi connectivity index (χ4v) is 2.38. The van der Waals surface area contributed by atoms with Gasteiger partial charge in [0.05, 0.1) is 0 Å². The van der Waals surface area contributed by atoms with Crippen molar-refractivity contribution >= 4 is 0 Å². The quantitative estimate of drug-likeness (QED) is 0.693. The van der Waals surface area contributed by atoms with Crippen LogP contribution in [-0.2, 0) is 6.42 Å². The van der Waals surface area contributed by atoms with E-state index in [2.05, 4.69) is 12.2 Å². The predicted molar refractivity (Wildman–Crippen MR) is 72.6 cm³/mol. The maximum absolute atomic E-state index is 9.23. The van der Waals surface area contributed by atoms with Gasteiger partial charge in [-0.2, -0.15) is 0 Å². The molecule has 1 fully saturated rings. The molecule has 0 saturated heterocycles. The number of aliphatic hydroxyl groups excluding tert-OH is 1. The number of nitrogens with one attached hydrogen (secondary N) is 1. The highest BCUT2D eigenvalue weighted by Gasteiger charge is 2.41. The first-order valence-corrected chi connectivity index (χ1v) is 6.76. The monoisotopic (exact) mass is 249 g/mol. The summed E-state index contributed by atoms with van der Waals surface area (Å²) in [7, 11) is 0. The standard InChI is InChI=1S/C15H23NO2/c1-12(10-13-2-4-14(18)5-3-13)16-11-15(6-7-15)8-9-17/h2-5,12,16-18H,6-11H2,1H3. The third-order valence-corrected chi connectivity index (χ3v) is 3.90. The number of hydrogen-bond acceptors (Lipinski definition) is 3. The van der Waals surface area contributed by atoms with Gasteiger partial charge in [-0.25, -0.2) is 0 Å². The summed E-state index contributed by atoms with van der Waals surface area (Å²) in [6.07, 6.45) is 4.38. The number of phenolic OH excluding ortho intramolecular Hbond substituents is 1. The fraction of sp³-hybridized carbons (Fsp3) is 0.600. The lowest BCUT2D eigenvalue weighted by molar-refractivity contribution is 0.242. The lowest BCUT2D eigenvalue weighted by Crippen LogP contribution is -2.33. The SMILES string of the molecule is CC(Cc1ccc(O)cc1)NCC1(CCO)CC1. The normalized spacial score (nSPS) is 18.6. The zero-order chi connectivity index (χ0) is 13.0. The highest BCUT2D eigenvalue weighted by atomic mass is 16.3. The Balaban J connectivity index is 1.75. The van der Waals surface area contributed by atoms with Crippen molar-refractivity contribution in [1.29, 1.82) is 0 Å². The summed E-state index contributed by atoms with van der Waals surface area (Å²) in [5.74, 6) is 0.319. The Morgan fingerprint density at radius 1 is 1.28 bits per heavy atom. The molecule has 2 rings (SSSR count). The summed E-state index contributed by atoms with van der Waals surface area (Å²) in [4.78, 5) is 0. The van der Waals surface area contributed by atoms with Crippen molar-refractivity contribution in [3.63, 3.8) is 0 Å². The Bertz CT molecular complexity index is 371. The lowest BCUT2D eigenvalue weighted by Gasteiger charge is -2.19. The first kappa shape index (κ1) is 13.4. The zero-order valence-corrected chi connectivity index (χ0v) is 11.0. The molecule has 100 valence electrons. The van der Waals surface area contributed by atoms with Crippen LogP contribution < -0.4 is 5.32 Å². The first-order chi connectivity index (χ1) is 8.63. The lowest BCUT2D eigenvalue weighted by atomic mass is 10.0. The van der Waals surface area contributed by atoms with Crippen molar-refractivity contribution in [2.45, 2.75) is 38.6 Å². The molecule has 3 nitrogen and oxygen atoms in total. The summed E-state index contributed by atoms with van der Waals surface area (Å²) < 4.78 is 0. The molecule has 1 saturated carbocycles. The van der Waals surface area contributed by atoms with Gasteiger partial charge in [0, 0.05) is 19.2 Å². The van der Waals surface area contributed by atoms with Crippen LogP contribution in [0.1, 0.15) is 31.7 Å². The third-order valence-electron chi connectivity index (χ3n) is 3.90. The first-order valence-electron chi connectivity index (χ1n) is 6.76. The van der Waals surface area contributed by atoms with Crippen LogP contribution in [-0.4, -0.2) is 29.4 Å². The second-order valence-corrected chi connectivity index (χ2v) is 5.63. The molecular weight excluding hydrogens is 226 g/mol. The maximum atomic E-state index is 9.23. The Morgan fingerprint density at radius 3 is 2.50 bits per heavy atom. The molecule has 0 heterocycles. The second-order valence-electron chi connectivity index (χ2n) is 5.63. The van der Waals surface area contributed by atoms with E-state index < -0.39 is 0 Å². The fourth-order valence-electron chi connectivity index (χ4n) is 2.38. The van der Waals surface area contributed by atoms with Gasteiger partial charge in [-0.1, -0.05) is 12.1 Å². The van der Waals surface area contributed by atoms with Gasteiger partial charge in [0.25, 0.3) is 0 Å². The minimum absolute atomic E-state index is 0.300.